The van der Waals surface area contributed by atoms with Crippen LogP contribution >= 0.6 is 11.6 Å². The number of allylic oxidation sites excluding steroid dienone is 2. The van der Waals surface area contributed by atoms with E-state index in [-0.39, 0.29) is 37.9 Å². The number of ether oxygens (including phenoxy) is 2. The minimum Gasteiger partial charge on any atom is -0.491 e. The average molecular weight is 528 g/mol. The number of esters is 1. The number of hydrogen-bond acceptors (Lipinski definition) is 9. The summed E-state index contributed by atoms with van der Waals surface area (Å²) in [7, 11) is 0. The summed E-state index contributed by atoms with van der Waals surface area (Å²) in [6, 6.07) is 6.86. The molecular weight excluding hydrogens is 494 g/mol. The summed E-state index contributed by atoms with van der Waals surface area (Å²) in [6.07, 6.45) is 6.11. The third-order valence-electron chi connectivity index (χ3n) is 5.76. The van der Waals surface area contributed by atoms with Crippen LogP contribution in [0.4, 0.5) is 0 Å². The minimum atomic E-state index is -0.927. The molecule has 0 bridgehead atoms. The van der Waals surface area contributed by atoms with Crippen molar-refractivity contribution in [3.8, 4) is 5.75 Å². The van der Waals surface area contributed by atoms with Gasteiger partial charge in [-0.15, -0.1) is 10.1 Å². The number of halogens is 1. The largest absolute Gasteiger partial charge is 0.491 e. The van der Waals surface area contributed by atoms with Crippen molar-refractivity contribution in [1.29, 1.82) is 0 Å². The Balaban J connectivity index is 1.72. The van der Waals surface area contributed by atoms with Gasteiger partial charge in [0.2, 0.25) is 0 Å². The normalized spacial score (nSPS) is 23.6. The number of benzene rings is 1. The first-order chi connectivity index (χ1) is 17.2. The maximum absolute atomic E-state index is 11.7. The molecule has 3 N–H and O–H groups in total. The minimum absolute atomic E-state index is 0.0247. The van der Waals surface area contributed by atoms with E-state index in [1.165, 1.54) is 6.92 Å². The molecule has 200 valence electrons. The molecule has 1 aliphatic rings. The molecule has 0 radical (unpaired) electrons. The van der Waals surface area contributed by atoms with E-state index in [1.54, 1.807) is 36.4 Å². The number of hydrogen-bond donors (Lipinski definition) is 3. The molecule has 6 atom stereocenters. The van der Waals surface area contributed by atoms with E-state index in [0.717, 1.165) is 0 Å². The Bertz CT molecular complexity index is 894. The van der Waals surface area contributed by atoms with Crippen molar-refractivity contribution in [2.45, 2.75) is 63.4 Å². The lowest BCUT2D eigenvalue weighted by Gasteiger charge is -2.19. The highest BCUT2D eigenvalue weighted by Gasteiger charge is 2.39. The third-order valence-corrected chi connectivity index (χ3v) is 5.99. The number of carbonyl (C=O) groups is 1. The van der Waals surface area contributed by atoms with Crippen LogP contribution in [0.3, 0.4) is 0 Å². The van der Waals surface area contributed by atoms with E-state index in [4.69, 9.17) is 21.1 Å². The Morgan fingerprint density at radius 1 is 1.28 bits per heavy atom. The van der Waals surface area contributed by atoms with Gasteiger partial charge in [0.1, 0.15) is 31.2 Å². The monoisotopic (exact) mass is 527 g/mol. The van der Waals surface area contributed by atoms with Crippen LogP contribution in [0.2, 0.25) is 5.02 Å². The maximum Gasteiger partial charge on any atom is 0.305 e. The van der Waals surface area contributed by atoms with E-state index < -0.39 is 35.5 Å². The first-order valence-corrected chi connectivity index (χ1v) is 12.3. The van der Waals surface area contributed by atoms with Crippen LogP contribution in [0.25, 0.3) is 0 Å². The van der Waals surface area contributed by atoms with Gasteiger partial charge in [-0.05, 0) is 50.3 Å². The molecule has 0 saturated heterocycles. The van der Waals surface area contributed by atoms with Gasteiger partial charge in [-0.1, -0.05) is 42.0 Å². The van der Waals surface area contributed by atoms with Gasteiger partial charge in [-0.25, -0.2) is 0 Å². The van der Waals surface area contributed by atoms with Crippen molar-refractivity contribution in [3.05, 3.63) is 63.7 Å². The fourth-order valence-electron chi connectivity index (χ4n) is 3.95. The van der Waals surface area contributed by atoms with Crippen LogP contribution in [-0.2, 0) is 14.4 Å². The standard InChI is InChI=1S/C25H34ClNO9/c1-17(36-27(32)33)15-35-25(31)10-5-3-2-4-9-21-22(24(30)14-23(21)29)12-11-19(28)16-34-20-8-6-7-18(26)13-20/h2,4,6-8,11-13,17,19,21-24,28-30H,3,5,9-10,14-16H2,1H3/t17?,19-,21-,22-,23+,24-/m1/s1. The number of nitrogens with zero attached hydrogens (tertiary/aromatic N) is 1. The summed E-state index contributed by atoms with van der Waals surface area (Å²) in [5.41, 5.74) is 0. The molecule has 0 heterocycles. The zero-order chi connectivity index (χ0) is 26.5. The molecular formula is C25H34ClNO9. The lowest BCUT2D eigenvalue weighted by atomic mass is 9.89. The molecule has 0 spiro atoms. The first kappa shape index (κ1) is 29.6. The second-order valence-corrected chi connectivity index (χ2v) is 9.19. The predicted molar refractivity (Wildman–Crippen MR) is 132 cm³/mol. The van der Waals surface area contributed by atoms with E-state index in [1.807, 2.05) is 12.2 Å². The summed E-state index contributed by atoms with van der Waals surface area (Å²) in [5.74, 6) is -0.439. The lowest BCUT2D eigenvalue weighted by molar-refractivity contribution is -0.767. The molecule has 1 aliphatic carbocycles. The summed E-state index contributed by atoms with van der Waals surface area (Å²) in [4.78, 5) is 26.2. The summed E-state index contributed by atoms with van der Waals surface area (Å²) < 4.78 is 10.5. The topological polar surface area (TPSA) is 149 Å². The molecule has 0 amide bonds. The van der Waals surface area contributed by atoms with E-state index >= 15 is 0 Å². The number of unbranched alkanes of at least 4 members (excludes halogenated alkanes) is 1. The predicted octanol–water partition coefficient (Wildman–Crippen LogP) is 3.25. The Morgan fingerprint density at radius 2 is 2.06 bits per heavy atom. The van der Waals surface area contributed by atoms with Gasteiger partial charge >= 0.3 is 5.97 Å². The quantitative estimate of drug-likeness (QED) is 0.103. The molecule has 1 fully saturated rings. The molecule has 2 rings (SSSR count). The zero-order valence-corrected chi connectivity index (χ0v) is 20.9. The van der Waals surface area contributed by atoms with Gasteiger partial charge in [-0.2, -0.15) is 0 Å². The summed E-state index contributed by atoms with van der Waals surface area (Å²) in [6.45, 7) is 1.27. The second kappa shape index (κ2) is 15.5. The zero-order valence-electron chi connectivity index (χ0n) is 20.1. The molecule has 0 aliphatic heterocycles. The van der Waals surface area contributed by atoms with Crippen LogP contribution in [0.15, 0.2) is 48.6 Å². The highest BCUT2D eigenvalue weighted by atomic mass is 35.5. The van der Waals surface area contributed by atoms with Gasteiger partial charge in [0.25, 0.3) is 5.09 Å². The third kappa shape index (κ3) is 10.9. The average Bonchev–Trinajstić information content (AvgIpc) is 3.08. The van der Waals surface area contributed by atoms with Crippen molar-refractivity contribution in [2.24, 2.45) is 11.8 Å². The van der Waals surface area contributed by atoms with Crippen molar-refractivity contribution >= 4 is 17.6 Å². The summed E-state index contributed by atoms with van der Waals surface area (Å²) in [5, 5.41) is 40.8. The molecule has 0 aromatic heterocycles. The number of aliphatic hydroxyl groups is 3. The van der Waals surface area contributed by atoms with Crippen LogP contribution in [0.5, 0.6) is 5.75 Å². The van der Waals surface area contributed by atoms with Gasteiger partial charge in [0.15, 0.2) is 0 Å². The Morgan fingerprint density at radius 3 is 2.78 bits per heavy atom. The fourth-order valence-corrected chi connectivity index (χ4v) is 4.13. The van der Waals surface area contributed by atoms with Crippen molar-refractivity contribution in [1.82, 2.24) is 0 Å². The smallest absolute Gasteiger partial charge is 0.305 e. The molecule has 36 heavy (non-hydrogen) atoms. The number of rotatable bonds is 15. The molecule has 1 aromatic rings. The first-order valence-electron chi connectivity index (χ1n) is 11.9. The second-order valence-electron chi connectivity index (χ2n) is 8.75. The van der Waals surface area contributed by atoms with Crippen LogP contribution < -0.4 is 4.74 Å². The molecule has 10 nitrogen and oxygen atoms in total. The lowest BCUT2D eigenvalue weighted by Crippen LogP contribution is -2.21. The Kier molecular flexibility index (Phi) is 12.7. The van der Waals surface area contributed by atoms with Gasteiger partial charge in [0, 0.05) is 23.8 Å². The van der Waals surface area contributed by atoms with Gasteiger partial charge in [-0.3, -0.25) is 4.79 Å². The summed E-state index contributed by atoms with van der Waals surface area (Å²) >= 11 is 5.92. The van der Waals surface area contributed by atoms with Crippen LogP contribution in [-0.4, -0.2) is 64.0 Å². The van der Waals surface area contributed by atoms with E-state index in [0.29, 0.717) is 30.0 Å². The van der Waals surface area contributed by atoms with E-state index in [2.05, 4.69) is 4.84 Å². The van der Waals surface area contributed by atoms with Crippen LogP contribution in [0, 0.1) is 22.0 Å². The van der Waals surface area contributed by atoms with Gasteiger partial charge < -0.3 is 29.6 Å². The number of carbonyl (C=O) groups excluding carboxylic acids is 1. The SMILES string of the molecule is CC(COC(=O)CCCC=CC[C@@H]1[C@@H](C=C[C@@H](O)COc2cccc(Cl)c2)[C@H](O)C[C@@H]1O)O[N+](=O)[O-]. The fraction of sp³-hybridized carbons (Fsp3) is 0.560. The molecule has 1 saturated carbocycles. The highest BCUT2D eigenvalue weighted by Crippen LogP contribution is 2.36. The number of aliphatic hydroxyl groups excluding tert-OH is 3. The van der Waals surface area contributed by atoms with E-state index in [9.17, 15) is 30.2 Å². The molecule has 1 aromatic carbocycles. The Hall–Kier alpha value is -2.66. The highest BCUT2D eigenvalue weighted by molar-refractivity contribution is 6.30. The van der Waals surface area contributed by atoms with Crippen molar-refractivity contribution in [2.75, 3.05) is 13.2 Å². The Labute approximate surface area is 215 Å². The van der Waals surface area contributed by atoms with Crippen LogP contribution in [0.1, 0.15) is 39.0 Å². The van der Waals surface area contributed by atoms with Crippen molar-refractivity contribution in [3.63, 3.8) is 0 Å². The molecule has 11 heteroatoms. The van der Waals surface area contributed by atoms with Gasteiger partial charge in [0.05, 0.1) is 12.2 Å². The molecule has 1 unspecified atom stereocenters. The maximum atomic E-state index is 11.7. The van der Waals surface area contributed by atoms with Crippen molar-refractivity contribution < 1.29 is 39.5 Å².